The smallest absolute Gasteiger partial charge is 0.000841 e. The highest BCUT2D eigenvalue weighted by Gasteiger charge is 2.44. The Bertz CT molecular complexity index is 140. The minimum Gasteiger partial charge on any atom is -0.319 e. The quantitative estimate of drug-likeness (QED) is 0.656. The molecule has 2 heteroatoms. The van der Waals surface area contributed by atoms with E-state index in [1.165, 1.54) is 45.3 Å². The Balaban J connectivity index is 1.98. The normalized spacial score (nSPS) is 28.8. The van der Waals surface area contributed by atoms with Crippen LogP contribution in [0.1, 0.15) is 25.7 Å². The Morgan fingerprint density at radius 1 is 1.33 bits per heavy atom. The summed E-state index contributed by atoms with van der Waals surface area (Å²) in [7, 11) is 2.09. The van der Waals surface area contributed by atoms with Crippen LogP contribution in [0, 0.1) is 11.3 Å². The highest BCUT2D eigenvalue weighted by molar-refractivity contribution is 4.97. The standard InChI is InChI=1S/C10H20N2/c1-11-8-10(9-2-3-9)4-6-12-7-5-10/h9,11-12H,2-8H2,1H3. The van der Waals surface area contributed by atoms with Crippen LogP contribution in [0.25, 0.3) is 0 Å². The summed E-state index contributed by atoms with van der Waals surface area (Å²) in [6.07, 6.45) is 5.75. The van der Waals surface area contributed by atoms with E-state index in [0.717, 1.165) is 5.92 Å². The van der Waals surface area contributed by atoms with Crippen LogP contribution >= 0.6 is 0 Å². The second kappa shape index (κ2) is 3.35. The number of piperidine rings is 1. The van der Waals surface area contributed by atoms with Crippen molar-refractivity contribution in [3.63, 3.8) is 0 Å². The van der Waals surface area contributed by atoms with Crippen LogP contribution in [-0.2, 0) is 0 Å². The maximum Gasteiger partial charge on any atom is 0.000841 e. The molecule has 70 valence electrons. The average Bonchev–Trinajstić information content (AvgIpc) is 2.89. The van der Waals surface area contributed by atoms with Gasteiger partial charge in [-0.05, 0) is 57.2 Å². The van der Waals surface area contributed by atoms with Crippen molar-refractivity contribution in [3.05, 3.63) is 0 Å². The van der Waals surface area contributed by atoms with Crippen molar-refractivity contribution < 1.29 is 0 Å². The molecule has 1 aliphatic heterocycles. The van der Waals surface area contributed by atoms with E-state index < -0.39 is 0 Å². The topological polar surface area (TPSA) is 24.1 Å². The molecule has 2 rings (SSSR count). The van der Waals surface area contributed by atoms with Crippen molar-refractivity contribution in [2.45, 2.75) is 25.7 Å². The Kier molecular flexibility index (Phi) is 2.37. The highest BCUT2D eigenvalue weighted by atomic mass is 14.9. The molecule has 2 aliphatic rings. The van der Waals surface area contributed by atoms with Gasteiger partial charge in [-0.25, -0.2) is 0 Å². The summed E-state index contributed by atoms with van der Waals surface area (Å²) in [5, 5.41) is 6.82. The van der Waals surface area contributed by atoms with Crippen LogP contribution in [-0.4, -0.2) is 26.7 Å². The first-order valence-electron chi connectivity index (χ1n) is 5.23. The first-order valence-corrected chi connectivity index (χ1v) is 5.23. The molecule has 2 fully saturated rings. The Hall–Kier alpha value is -0.0800. The van der Waals surface area contributed by atoms with Crippen LogP contribution in [0.5, 0.6) is 0 Å². The van der Waals surface area contributed by atoms with Crippen LogP contribution in [0.4, 0.5) is 0 Å². The van der Waals surface area contributed by atoms with Gasteiger partial charge in [0.25, 0.3) is 0 Å². The van der Waals surface area contributed by atoms with Gasteiger partial charge in [0.05, 0.1) is 0 Å². The molecular weight excluding hydrogens is 148 g/mol. The maximum absolute atomic E-state index is 3.45. The van der Waals surface area contributed by atoms with E-state index in [1.54, 1.807) is 0 Å². The largest absolute Gasteiger partial charge is 0.319 e. The summed E-state index contributed by atoms with van der Waals surface area (Å²) in [6.45, 7) is 3.70. The van der Waals surface area contributed by atoms with Gasteiger partial charge in [-0.1, -0.05) is 0 Å². The molecule has 1 saturated heterocycles. The second-order valence-corrected chi connectivity index (χ2v) is 4.42. The summed E-state index contributed by atoms with van der Waals surface area (Å²) in [5.74, 6) is 1.05. The Labute approximate surface area is 75.1 Å². The van der Waals surface area contributed by atoms with Crippen LogP contribution in [0.15, 0.2) is 0 Å². The molecule has 0 aromatic heterocycles. The fourth-order valence-electron chi connectivity index (χ4n) is 2.70. The molecule has 1 aliphatic carbocycles. The van der Waals surface area contributed by atoms with E-state index in [2.05, 4.69) is 17.7 Å². The van der Waals surface area contributed by atoms with Gasteiger partial charge in [0, 0.05) is 6.54 Å². The molecular formula is C10H20N2. The molecule has 0 bridgehead atoms. The number of hydrogen-bond acceptors (Lipinski definition) is 2. The SMILES string of the molecule is CNCC1(C2CC2)CCNCC1. The third kappa shape index (κ3) is 1.50. The molecule has 1 saturated carbocycles. The summed E-state index contributed by atoms with van der Waals surface area (Å²) in [6, 6.07) is 0. The van der Waals surface area contributed by atoms with E-state index in [1.807, 2.05) is 0 Å². The van der Waals surface area contributed by atoms with Crippen molar-refractivity contribution in [2.75, 3.05) is 26.7 Å². The number of rotatable bonds is 3. The second-order valence-electron chi connectivity index (χ2n) is 4.42. The van der Waals surface area contributed by atoms with Crippen molar-refractivity contribution in [1.82, 2.24) is 10.6 Å². The molecule has 0 unspecified atom stereocenters. The first-order chi connectivity index (χ1) is 5.87. The molecule has 1 heterocycles. The summed E-state index contributed by atoms with van der Waals surface area (Å²) in [4.78, 5) is 0. The molecule has 0 aromatic carbocycles. The third-order valence-corrected chi connectivity index (χ3v) is 3.57. The molecule has 12 heavy (non-hydrogen) atoms. The maximum atomic E-state index is 3.45. The van der Waals surface area contributed by atoms with E-state index in [0.29, 0.717) is 5.41 Å². The van der Waals surface area contributed by atoms with Gasteiger partial charge in [-0.15, -0.1) is 0 Å². The fourth-order valence-corrected chi connectivity index (χ4v) is 2.70. The van der Waals surface area contributed by atoms with Crippen LogP contribution in [0.3, 0.4) is 0 Å². The molecule has 2 nitrogen and oxygen atoms in total. The molecule has 0 atom stereocenters. The van der Waals surface area contributed by atoms with E-state index in [-0.39, 0.29) is 0 Å². The molecule has 0 amide bonds. The van der Waals surface area contributed by atoms with E-state index in [9.17, 15) is 0 Å². The minimum absolute atomic E-state index is 0.667. The zero-order valence-corrected chi connectivity index (χ0v) is 8.03. The molecule has 0 aromatic rings. The minimum atomic E-state index is 0.667. The predicted molar refractivity (Wildman–Crippen MR) is 51.2 cm³/mol. The van der Waals surface area contributed by atoms with E-state index in [4.69, 9.17) is 0 Å². The van der Waals surface area contributed by atoms with Gasteiger partial charge in [0.2, 0.25) is 0 Å². The zero-order valence-electron chi connectivity index (χ0n) is 8.03. The zero-order chi connectivity index (χ0) is 8.44. The van der Waals surface area contributed by atoms with Gasteiger partial charge in [-0.2, -0.15) is 0 Å². The van der Waals surface area contributed by atoms with Gasteiger partial charge in [-0.3, -0.25) is 0 Å². The third-order valence-electron chi connectivity index (χ3n) is 3.57. The Morgan fingerprint density at radius 3 is 2.50 bits per heavy atom. The Morgan fingerprint density at radius 2 is 2.00 bits per heavy atom. The van der Waals surface area contributed by atoms with Crippen molar-refractivity contribution >= 4 is 0 Å². The first kappa shape index (κ1) is 8.52. The summed E-state index contributed by atoms with van der Waals surface area (Å²) in [5.41, 5.74) is 0.667. The van der Waals surface area contributed by atoms with Crippen LogP contribution in [0.2, 0.25) is 0 Å². The van der Waals surface area contributed by atoms with Gasteiger partial charge >= 0.3 is 0 Å². The lowest BCUT2D eigenvalue weighted by Crippen LogP contribution is -2.43. The lowest BCUT2D eigenvalue weighted by atomic mass is 9.74. The summed E-state index contributed by atoms with van der Waals surface area (Å²) >= 11 is 0. The van der Waals surface area contributed by atoms with Gasteiger partial charge in [0.15, 0.2) is 0 Å². The fraction of sp³-hybridized carbons (Fsp3) is 1.00. The summed E-state index contributed by atoms with van der Waals surface area (Å²) < 4.78 is 0. The number of nitrogens with one attached hydrogen (secondary N) is 2. The average molecular weight is 168 g/mol. The molecule has 2 N–H and O–H groups in total. The molecule has 0 spiro atoms. The lowest BCUT2D eigenvalue weighted by molar-refractivity contribution is 0.164. The van der Waals surface area contributed by atoms with Gasteiger partial charge in [0.1, 0.15) is 0 Å². The number of hydrogen-bond donors (Lipinski definition) is 2. The van der Waals surface area contributed by atoms with Gasteiger partial charge < -0.3 is 10.6 Å². The van der Waals surface area contributed by atoms with Crippen molar-refractivity contribution in [2.24, 2.45) is 11.3 Å². The van der Waals surface area contributed by atoms with Crippen LogP contribution < -0.4 is 10.6 Å². The van der Waals surface area contributed by atoms with Crippen molar-refractivity contribution in [3.8, 4) is 0 Å². The predicted octanol–water partition coefficient (Wildman–Crippen LogP) is 0.986. The van der Waals surface area contributed by atoms with E-state index >= 15 is 0 Å². The monoisotopic (exact) mass is 168 g/mol. The molecule has 0 radical (unpaired) electrons. The van der Waals surface area contributed by atoms with Crippen molar-refractivity contribution in [1.29, 1.82) is 0 Å². The lowest BCUT2D eigenvalue weighted by Gasteiger charge is -2.38. The highest BCUT2D eigenvalue weighted by Crippen LogP contribution is 2.50.